The maximum atomic E-state index is 13.5. The lowest BCUT2D eigenvalue weighted by molar-refractivity contribution is -0.145. The normalized spacial score (nSPS) is 17.6. The molecule has 0 unspecified atom stereocenters. The van der Waals surface area contributed by atoms with Crippen LogP contribution in [-0.2, 0) is 9.59 Å². The van der Waals surface area contributed by atoms with Crippen molar-refractivity contribution in [1.82, 2.24) is 9.80 Å². The maximum Gasteiger partial charge on any atom is 0.325 e. The molecule has 2 rings (SSSR count). The van der Waals surface area contributed by atoms with Gasteiger partial charge in [-0.3, -0.25) is 14.5 Å². The van der Waals surface area contributed by atoms with Crippen LogP contribution in [0.5, 0.6) is 0 Å². The van der Waals surface area contributed by atoms with Gasteiger partial charge in [0.25, 0.3) is 0 Å². The minimum absolute atomic E-state index is 0.0286. The lowest BCUT2D eigenvalue weighted by Gasteiger charge is -2.37. The first-order valence-electron chi connectivity index (χ1n) is 6.57. The summed E-state index contributed by atoms with van der Waals surface area (Å²) in [6.45, 7) is 3.28. The highest BCUT2D eigenvalue weighted by atomic mass is 35.5. The summed E-state index contributed by atoms with van der Waals surface area (Å²) in [7, 11) is 0. The van der Waals surface area contributed by atoms with Gasteiger partial charge in [-0.05, 0) is 17.7 Å². The number of carboxylic acid groups (broad SMARTS) is 1. The minimum atomic E-state index is -1.05. The summed E-state index contributed by atoms with van der Waals surface area (Å²) in [5, 5.41) is 9.40. The van der Waals surface area contributed by atoms with Crippen molar-refractivity contribution in [2.75, 3.05) is 26.2 Å². The Kier molecular flexibility index (Phi) is 4.80. The number of hydrogen-bond donors (Lipinski definition) is 1. The van der Waals surface area contributed by atoms with Crippen LogP contribution in [0.3, 0.4) is 0 Å². The fourth-order valence-corrected chi connectivity index (χ4v) is 2.60. The van der Waals surface area contributed by atoms with Gasteiger partial charge in [0.15, 0.2) is 0 Å². The summed E-state index contributed by atoms with van der Waals surface area (Å²) in [5.41, 5.74) is 0.348. The zero-order valence-electron chi connectivity index (χ0n) is 11.6. The number of benzene rings is 1. The molecule has 114 valence electrons. The zero-order valence-corrected chi connectivity index (χ0v) is 12.3. The Morgan fingerprint density at radius 1 is 1.29 bits per heavy atom. The monoisotopic (exact) mass is 314 g/mol. The first-order valence-corrected chi connectivity index (χ1v) is 6.95. The van der Waals surface area contributed by atoms with E-state index in [0.29, 0.717) is 31.7 Å². The fraction of sp³-hybridized carbons (Fsp3) is 0.429. The highest BCUT2D eigenvalue weighted by Gasteiger charge is 2.31. The molecule has 1 amide bonds. The molecule has 1 N–H and O–H groups in total. The van der Waals surface area contributed by atoms with Gasteiger partial charge in [-0.2, -0.15) is 0 Å². The molecule has 1 fully saturated rings. The number of carboxylic acids is 1. The molecule has 0 aliphatic carbocycles. The number of carbonyl (C=O) groups is 2. The van der Waals surface area contributed by atoms with E-state index in [1.807, 2.05) is 0 Å². The fourth-order valence-electron chi connectivity index (χ4n) is 2.49. The Morgan fingerprint density at radius 2 is 1.90 bits per heavy atom. The van der Waals surface area contributed by atoms with E-state index >= 15 is 0 Å². The van der Waals surface area contributed by atoms with Crippen molar-refractivity contribution in [1.29, 1.82) is 0 Å². The van der Waals surface area contributed by atoms with E-state index in [9.17, 15) is 19.1 Å². The summed E-state index contributed by atoms with van der Waals surface area (Å²) >= 11 is 5.62. The Hall–Kier alpha value is -1.66. The number of hydrogen-bond acceptors (Lipinski definition) is 3. The lowest BCUT2D eigenvalue weighted by Crippen LogP contribution is -2.50. The van der Waals surface area contributed by atoms with Crippen LogP contribution < -0.4 is 0 Å². The highest BCUT2D eigenvalue weighted by Crippen LogP contribution is 2.26. The molecule has 0 bridgehead atoms. The number of aliphatic carboxylic acids is 1. The van der Waals surface area contributed by atoms with E-state index in [1.165, 1.54) is 19.1 Å². The molecular formula is C14H16ClFN2O3. The topological polar surface area (TPSA) is 60.9 Å². The van der Waals surface area contributed by atoms with Crippen molar-refractivity contribution >= 4 is 23.5 Å². The summed E-state index contributed by atoms with van der Waals surface area (Å²) in [6, 6.07) is 3.08. The average Bonchev–Trinajstić information content (AvgIpc) is 2.43. The van der Waals surface area contributed by atoms with E-state index in [-0.39, 0.29) is 10.9 Å². The minimum Gasteiger partial charge on any atom is -0.480 e. The molecule has 5 nitrogen and oxygen atoms in total. The largest absolute Gasteiger partial charge is 0.480 e. The van der Waals surface area contributed by atoms with Gasteiger partial charge in [0.2, 0.25) is 5.91 Å². The lowest BCUT2D eigenvalue weighted by atomic mass is 10.0. The summed E-state index contributed by atoms with van der Waals surface area (Å²) < 4.78 is 13.5. The van der Waals surface area contributed by atoms with Crippen LogP contribution in [0.1, 0.15) is 18.5 Å². The first kappa shape index (κ1) is 15.7. The van der Waals surface area contributed by atoms with Crippen LogP contribution in [0.2, 0.25) is 5.02 Å². The predicted molar refractivity (Wildman–Crippen MR) is 75.6 cm³/mol. The first-order chi connectivity index (χ1) is 9.90. The van der Waals surface area contributed by atoms with Crippen LogP contribution in [0.15, 0.2) is 18.2 Å². The zero-order chi connectivity index (χ0) is 15.6. The SMILES string of the molecule is CC(=O)N1CCN([C@H](C(=O)O)c2ccc(Cl)c(F)c2)CC1. The molecule has 1 saturated heterocycles. The molecule has 0 aromatic heterocycles. The van der Waals surface area contributed by atoms with E-state index in [0.717, 1.165) is 6.07 Å². The van der Waals surface area contributed by atoms with Crippen LogP contribution in [0.25, 0.3) is 0 Å². The Labute approximate surface area is 126 Å². The quantitative estimate of drug-likeness (QED) is 0.923. The van der Waals surface area contributed by atoms with Gasteiger partial charge in [0, 0.05) is 33.1 Å². The molecule has 0 radical (unpaired) electrons. The van der Waals surface area contributed by atoms with Gasteiger partial charge >= 0.3 is 5.97 Å². The second-order valence-electron chi connectivity index (χ2n) is 4.96. The maximum absolute atomic E-state index is 13.5. The molecule has 0 saturated carbocycles. The highest BCUT2D eigenvalue weighted by molar-refractivity contribution is 6.30. The van der Waals surface area contributed by atoms with Crippen LogP contribution in [0, 0.1) is 5.82 Å². The van der Waals surface area contributed by atoms with Crippen molar-refractivity contribution in [2.45, 2.75) is 13.0 Å². The predicted octanol–water partition coefficient (Wildman–Crippen LogP) is 1.77. The van der Waals surface area contributed by atoms with Gasteiger partial charge < -0.3 is 10.0 Å². The number of amides is 1. The number of carbonyl (C=O) groups excluding carboxylic acids is 1. The Morgan fingerprint density at radius 3 is 2.38 bits per heavy atom. The van der Waals surface area contributed by atoms with E-state index in [1.54, 1.807) is 9.80 Å². The summed E-state index contributed by atoms with van der Waals surface area (Å²) in [5.74, 6) is -1.71. The molecule has 0 spiro atoms. The van der Waals surface area contributed by atoms with Gasteiger partial charge in [0.05, 0.1) is 5.02 Å². The number of rotatable bonds is 3. The average molecular weight is 315 g/mol. The third-order valence-corrected chi connectivity index (χ3v) is 3.92. The van der Waals surface area contributed by atoms with Gasteiger partial charge in [-0.25, -0.2) is 4.39 Å². The molecule has 1 aromatic carbocycles. The summed E-state index contributed by atoms with van der Waals surface area (Å²) in [6.07, 6.45) is 0. The third kappa shape index (κ3) is 3.51. The van der Waals surface area contributed by atoms with Crippen LogP contribution >= 0.6 is 11.6 Å². The Bertz CT molecular complexity index is 559. The number of nitrogens with zero attached hydrogens (tertiary/aromatic N) is 2. The third-order valence-electron chi connectivity index (χ3n) is 3.62. The van der Waals surface area contributed by atoms with Crippen molar-refractivity contribution in [3.8, 4) is 0 Å². The smallest absolute Gasteiger partial charge is 0.325 e. The van der Waals surface area contributed by atoms with E-state index in [2.05, 4.69) is 0 Å². The molecule has 1 aliphatic rings. The summed E-state index contributed by atoms with van der Waals surface area (Å²) in [4.78, 5) is 26.2. The van der Waals surface area contributed by atoms with Crippen molar-refractivity contribution < 1.29 is 19.1 Å². The standard InChI is InChI=1S/C14H16ClFN2O3/c1-9(19)17-4-6-18(7-5-17)13(14(20)21)10-2-3-11(15)12(16)8-10/h2-3,8,13H,4-7H2,1H3,(H,20,21)/t13-/m0/s1. The number of halogens is 2. The molecule has 1 aliphatic heterocycles. The van der Waals surface area contributed by atoms with Gasteiger partial charge in [0.1, 0.15) is 11.9 Å². The van der Waals surface area contributed by atoms with Crippen LogP contribution in [0.4, 0.5) is 4.39 Å². The van der Waals surface area contributed by atoms with Gasteiger partial charge in [-0.15, -0.1) is 0 Å². The molecule has 21 heavy (non-hydrogen) atoms. The van der Waals surface area contributed by atoms with Crippen molar-refractivity contribution in [2.24, 2.45) is 0 Å². The van der Waals surface area contributed by atoms with E-state index < -0.39 is 17.8 Å². The van der Waals surface area contributed by atoms with Crippen molar-refractivity contribution in [3.05, 3.63) is 34.6 Å². The Balaban J connectivity index is 2.18. The second-order valence-corrected chi connectivity index (χ2v) is 5.36. The molecule has 7 heteroatoms. The van der Waals surface area contributed by atoms with Gasteiger partial charge in [-0.1, -0.05) is 17.7 Å². The molecular weight excluding hydrogens is 299 g/mol. The molecule has 1 aromatic rings. The second kappa shape index (κ2) is 6.41. The van der Waals surface area contributed by atoms with Crippen molar-refractivity contribution in [3.63, 3.8) is 0 Å². The van der Waals surface area contributed by atoms with E-state index in [4.69, 9.17) is 11.6 Å². The van der Waals surface area contributed by atoms with Crippen LogP contribution in [-0.4, -0.2) is 53.0 Å². The number of piperazine rings is 1. The molecule has 1 atom stereocenters. The molecule has 1 heterocycles.